The van der Waals surface area contributed by atoms with E-state index in [1.165, 1.54) is 0 Å². The van der Waals surface area contributed by atoms with Crippen LogP contribution >= 0.6 is 0 Å². The maximum atomic E-state index is 11.8. The summed E-state index contributed by atoms with van der Waals surface area (Å²) in [6.45, 7) is 5.23. The summed E-state index contributed by atoms with van der Waals surface area (Å²) in [6, 6.07) is 6.35. The first-order chi connectivity index (χ1) is 10.2. The van der Waals surface area contributed by atoms with Crippen molar-refractivity contribution < 1.29 is 19.1 Å². The van der Waals surface area contributed by atoms with Crippen molar-refractivity contribution in [2.75, 3.05) is 7.11 Å². The molecular formula is C15H23N3O4. The Bertz CT molecular complexity index is 509. The van der Waals surface area contributed by atoms with Crippen LogP contribution in [-0.2, 0) is 16.0 Å². The van der Waals surface area contributed by atoms with Crippen molar-refractivity contribution in [3.63, 3.8) is 0 Å². The molecule has 122 valence electrons. The van der Waals surface area contributed by atoms with Crippen LogP contribution in [0.1, 0.15) is 26.3 Å². The average Bonchev–Trinajstić information content (AvgIpc) is 2.44. The molecule has 0 spiro atoms. The third kappa shape index (κ3) is 6.01. The number of hydrogen-bond acceptors (Lipinski definition) is 5. The fourth-order valence-corrected chi connectivity index (χ4v) is 1.76. The molecule has 0 radical (unpaired) electrons. The van der Waals surface area contributed by atoms with Crippen molar-refractivity contribution in [2.24, 2.45) is 5.84 Å². The van der Waals surface area contributed by atoms with Crippen LogP contribution in [0.25, 0.3) is 0 Å². The van der Waals surface area contributed by atoms with Crippen LogP contribution < -0.4 is 21.3 Å². The number of rotatable bonds is 5. The van der Waals surface area contributed by atoms with Crippen LogP contribution in [-0.4, -0.2) is 30.8 Å². The summed E-state index contributed by atoms with van der Waals surface area (Å²) in [6.07, 6.45) is -0.388. The number of hydrogen-bond donors (Lipinski definition) is 3. The van der Waals surface area contributed by atoms with E-state index < -0.39 is 23.6 Å². The van der Waals surface area contributed by atoms with Crippen LogP contribution in [0.3, 0.4) is 0 Å². The van der Waals surface area contributed by atoms with Crippen LogP contribution in [0.4, 0.5) is 4.79 Å². The van der Waals surface area contributed by atoms with Gasteiger partial charge in [-0.25, -0.2) is 10.6 Å². The smallest absolute Gasteiger partial charge is 0.408 e. The molecule has 1 atom stereocenters. The molecule has 0 saturated heterocycles. The summed E-state index contributed by atoms with van der Waals surface area (Å²) in [7, 11) is 1.57. The average molecular weight is 309 g/mol. The number of benzene rings is 1. The lowest BCUT2D eigenvalue weighted by Gasteiger charge is -2.23. The minimum atomic E-state index is -0.826. The predicted molar refractivity (Wildman–Crippen MR) is 82.2 cm³/mol. The van der Waals surface area contributed by atoms with Crippen molar-refractivity contribution in [3.8, 4) is 5.75 Å². The maximum absolute atomic E-state index is 11.8. The number of methoxy groups -OCH3 is 1. The Labute approximate surface area is 130 Å². The van der Waals surface area contributed by atoms with Gasteiger partial charge in [0.05, 0.1) is 7.11 Å². The van der Waals surface area contributed by atoms with Gasteiger partial charge < -0.3 is 14.8 Å². The third-order valence-electron chi connectivity index (χ3n) is 2.75. The largest absolute Gasteiger partial charge is 0.497 e. The van der Waals surface area contributed by atoms with Gasteiger partial charge >= 0.3 is 6.09 Å². The van der Waals surface area contributed by atoms with Crippen molar-refractivity contribution >= 4 is 12.0 Å². The first-order valence-corrected chi connectivity index (χ1v) is 6.88. The molecule has 1 aromatic rings. The molecule has 0 aromatic heterocycles. The monoisotopic (exact) mass is 309 g/mol. The SMILES string of the molecule is COc1ccc(CC(NC(=O)OC(C)(C)C)C(=O)NN)cc1. The summed E-state index contributed by atoms with van der Waals surface area (Å²) < 4.78 is 10.2. The number of ether oxygens (including phenoxy) is 2. The van der Waals surface area contributed by atoms with Gasteiger partial charge in [0, 0.05) is 6.42 Å². The number of amides is 2. The zero-order valence-corrected chi connectivity index (χ0v) is 13.3. The number of hydrazine groups is 1. The molecule has 4 N–H and O–H groups in total. The van der Waals surface area contributed by atoms with E-state index in [9.17, 15) is 9.59 Å². The fraction of sp³-hybridized carbons (Fsp3) is 0.467. The molecule has 1 rings (SSSR count). The molecule has 0 bridgehead atoms. The minimum absolute atomic E-state index is 0.284. The van der Waals surface area contributed by atoms with E-state index in [1.54, 1.807) is 40.0 Å². The lowest BCUT2D eigenvalue weighted by molar-refractivity contribution is -0.123. The van der Waals surface area contributed by atoms with E-state index in [-0.39, 0.29) is 6.42 Å². The van der Waals surface area contributed by atoms with E-state index in [0.717, 1.165) is 5.56 Å². The van der Waals surface area contributed by atoms with Gasteiger partial charge in [-0.2, -0.15) is 0 Å². The van der Waals surface area contributed by atoms with E-state index in [2.05, 4.69) is 5.32 Å². The Kier molecular flexibility index (Phi) is 6.18. The normalized spacial score (nSPS) is 12.2. The van der Waals surface area contributed by atoms with Gasteiger partial charge in [-0.1, -0.05) is 12.1 Å². The molecule has 0 aliphatic rings. The van der Waals surface area contributed by atoms with Crippen molar-refractivity contribution in [3.05, 3.63) is 29.8 Å². The second kappa shape index (κ2) is 7.65. The van der Waals surface area contributed by atoms with Crippen molar-refractivity contribution in [1.82, 2.24) is 10.7 Å². The van der Waals surface area contributed by atoms with E-state index in [1.807, 2.05) is 17.6 Å². The second-order valence-electron chi connectivity index (χ2n) is 5.76. The van der Waals surface area contributed by atoms with Crippen LogP contribution in [0.15, 0.2) is 24.3 Å². The first kappa shape index (κ1) is 17.8. The van der Waals surface area contributed by atoms with Gasteiger partial charge in [0.1, 0.15) is 17.4 Å². The van der Waals surface area contributed by atoms with Gasteiger partial charge in [-0.05, 0) is 38.5 Å². The first-order valence-electron chi connectivity index (χ1n) is 6.88. The molecule has 1 aromatic carbocycles. The summed E-state index contributed by atoms with van der Waals surface area (Å²) in [5, 5.41) is 2.52. The Morgan fingerprint density at radius 3 is 2.27 bits per heavy atom. The highest BCUT2D eigenvalue weighted by Crippen LogP contribution is 2.13. The number of carbonyl (C=O) groups is 2. The Balaban J connectivity index is 2.75. The standard InChI is InChI=1S/C15H23N3O4/c1-15(2,3)22-14(20)17-12(13(19)18-16)9-10-5-7-11(21-4)8-6-10/h5-8,12H,9,16H2,1-4H3,(H,17,20)(H,18,19). The van der Waals surface area contributed by atoms with Gasteiger partial charge in [0.2, 0.25) is 0 Å². The lowest BCUT2D eigenvalue weighted by atomic mass is 10.1. The maximum Gasteiger partial charge on any atom is 0.408 e. The van der Waals surface area contributed by atoms with Crippen molar-refractivity contribution in [2.45, 2.75) is 38.8 Å². The highest BCUT2D eigenvalue weighted by atomic mass is 16.6. The van der Waals surface area contributed by atoms with Gasteiger partial charge in [-0.15, -0.1) is 0 Å². The van der Waals surface area contributed by atoms with Crippen LogP contribution in [0.2, 0.25) is 0 Å². The highest BCUT2D eigenvalue weighted by molar-refractivity contribution is 5.85. The quantitative estimate of drug-likeness (QED) is 0.430. The van der Waals surface area contributed by atoms with Crippen molar-refractivity contribution in [1.29, 1.82) is 0 Å². The molecule has 0 aliphatic heterocycles. The van der Waals surface area contributed by atoms with E-state index in [4.69, 9.17) is 15.3 Å². The molecular weight excluding hydrogens is 286 g/mol. The molecule has 7 heteroatoms. The van der Waals surface area contributed by atoms with Gasteiger partial charge in [0.25, 0.3) is 5.91 Å². The molecule has 0 aliphatic carbocycles. The highest BCUT2D eigenvalue weighted by Gasteiger charge is 2.24. The summed E-state index contributed by atoms with van der Waals surface area (Å²) >= 11 is 0. The fourth-order valence-electron chi connectivity index (χ4n) is 1.76. The molecule has 2 amide bonds. The molecule has 0 heterocycles. The molecule has 1 unspecified atom stereocenters. The molecule has 0 saturated carbocycles. The number of nitrogens with two attached hydrogens (primary N) is 1. The zero-order chi connectivity index (χ0) is 16.8. The number of carbonyl (C=O) groups excluding carboxylic acids is 2. The van der Waals surface area contributed by atoms with Crippen LogP contribution in [0.5, 0.6) is 5.75 Å². The molecule has 7 nitrogen and oxygen atoms in total. The van der Waals surface area contributed by atoms with Gasteiger partial charge in [-0.3, -0.25) is 10.2 Å². The Hall–Kier alpha value is -2.28. The molecule has 0 fully saturated rings. The van der Waals surface area contributed by atoms with Gasteiger partial charge in [0.15, 0.2) is 0 Å². The summed E-state index contributed by atoms with van der Waals surface area (Å²) in [5.41, 5.74) is 2.25. The predicted octanol–water partition coefficient (Wildman–Crippen LogP) is 1.12. The summed E-state index contributed by atoms with van der Waals surface area (Å²) in [5.74, 6) is 5.38. The number of alkyl carbamates (subject to hydrolysis) is 1. The van der Waals surface area contributed by atoms with E-state index >= 15 is 0 Å². The topological polar surface area (TPSA) is 103 Å². The summed E-state index contributed by atoms with van der Waals surface area (Å²) in [4.78, 5) is 23.6. The minimum Gasteiger partial charge on any atom is -0.497 e. The van der Waals surface area contributed by atoms with Crippen LogP contribution in [0, 0.1) is 0 Å². The second-order valence-corrected chi connectivity index (χ2v) is 5.76. The van der Waals surface area contributed by atoms with E-state index in [0.29, 0.717) is 5.75 Å². The lowest BCUT2D eigenvalue weighted by Crippen LogP contribution is -2.51. The number of nitrogens with one attached hydrogen (secondary N) is 2. The Morgan fingerprint density at radius 2 is 1.82 bits per heavy atom. The zero-order valence-electron chi connectivity index (χ0n) is 13.3. The Morgan fingerprint density at radius 1 is 1.23 bits per heavy atom. The third-order valence-corrected chi connectivity index (χ3v) is 2.75. The molecule has 22 heavy (non-hydrogen) atoms.